The van der Waals surface area contributed by atoms with Crippen LogP contribution in [0, 0.1) is 11.8 Å². The number of carbonyl (C=O) groups excluding carboxylic acids is 1. The fourth-order valence-corrected chi connectivity index (χ4v) is 2.78. The molecule has 1 unspecified atom stereocenters. The maximum atomic E-state index is 12.1. The molecule has 1 fully saturated rings. The van der Waals surface area contributed by atoms with Crippen LogP contribution in [0.3, 0.4) is 0 Å². The van der Waals surface area contributed by atoms with E-state index in [2.05, 4.69) is 4.40 Å². The highest BCUT2D eigenvalue weighted by Gasteiger charge is 2.38. The van der Waals surface area contributed by atoms with Crippen LogP contribution in [-0.2, 0) is 20.9 Å². The fraction of sp³-hybridized carbons (Fsp3) is 0.867. The van der Waals surface area contributed by atoms with Gasteiger partial charge in [0.1, 0.15) is 21.7 Å². The lowest BCUT2D eigenvalue weighted by Crippen LogP contribution is -2.28. The second-order valence-electron chi connectivity index (χ2n) is 7.52. The molecule has 3 atom stereocenters. The van der Waals surface area contributed by atoms with E-state index >= 15 is 0 Å². The molecule has 20 heavy (non-hydrogen) atoms. The monoisotopic (exact) mass is 301 g/mol. The summed E-state index contributed by atoms with van der Waals surface area (Å²) < 4.78 is 21.5. The van der Waals surface area contributed by atoms with Crippen molar-refractivity contribution in [3.8, 4) is 0 Å². The molecular weight excluding hydrogens is 274 g/mol. The summed E-state index contributed by atoms with van der Waals surface area (Å²) in [5, 5.41) is 0. The van der Waals surface area contributed by atoms with Gasteiger partial charge in [0.2, 0.25) is 0 Å². The minimum atomic E-state index is -1.26. The molecule has 0 amide bonds. The van der Waals surface area contributed by atoms with Gasteiger partial charge in [-0.2, -0.15) is 0 Å². The van der Waals surface area contributed by atoms with E-state index in [1.54, 1.807) is 0 Å². The molecule has 1 saturated carbocycles. The zero-order chi connectivity index (χ0) is 15.7. The van der Waals surface area contributed by atoms with E-state index in [0.29, 0.717) is 6.42 Å². The summed E-state index contributed by atoms with van der Waals surface area (Å²) in [4.78, 5) is 12.1. The Morgan fingerprint density at radius 2 is 1.85 bits per heavy atom. The maximum Gasteiger partial charge on any atom is 0.309 e. The van der Waals surface area contributed by atoms with Crippen LogP contribution in [0.1, 0.15) is 61.3 Å². The van der Waals surface area contributed by atoms with Gasteiger partial charge in [-0.05, 0) is 53.9 Å². The molecule has 0 N–H and O–H groups in total. The molecule has 0 aliphatic heterocycles. The molecule has 0 bridgehead atoms. The Morgan fingerprint density at radius 3 is 2.30 bits per heavy atom. The van der Waals surface area contributed by atoms with Gasteiger partial charge in [0.05, 0.1) is 11.6 Å². The third-order valence-corrected chi connectivity index (χ3v) is 4.57. The van der Waals surface area contributed by atoms with E-state index in [-0.39, 0.29) is 22.6 Å². The molecule has 0 aromatic rings. The van der Waals surface area contributed by atoms with Crippen molar-refractivity contribution in [2.24, 2.45) is 16.2 Å². The summed E-state index contributed by atoms with van der Waals surface area (Å²) in [7, 11) is 0. The lowest BCUT2D eigenvalue weighted by atomic mass is 10.1. The summed E-state index contributed by atoms with van der Waals surface area (Å²) in [5.41, 5.74) is 0.420. The minimum Gasteiger partial charge on any atom is -0.591 e. The molecular formula is C15H27NO3S. The van der Waals surface area contributed by atoms with Crippen molar-refractivity contribution in [2.45, 2.75) is 71.7 Å². The van der Waals surface area contributed by atoms with Gasteiger partial charge in [-0.15, -0.1) is 0 Å². The first-order chi connectivity index (χ1) is 8.90. The fourth-order valence-electron chi connectivity index (χ4n) is 2.04. The Balaban J connectivity index is 2.73. The first kappa shape index (κ1) is 17.5. The van der Waals surface area contributed by atoms with Crippen LogP contribution in [0.5, 0.6) is 0 Å². The van der Waals surface area contributed by atoms with E-state index in [0.717, 1.165) is 12.1 Å². The van der Waals surface area contributed by atoms with Gasteiger partial charge in [0.25, 0.3) is 0 Å². The normalized spacial score (nSPS) is 27.7. The number of hydrogen-bond donors (Lipinski definition) is 0. The van der Waals surface area contributed by atoms with Gasteiger partial charge in [-0.3, -0.25) is 4.79 Å². The second kappa shape index (κ2) is 6.06. The Labute approximate surface area is 125 Å². The van der Waals surface area contributed by atoms with E-state index in [1.807, 2.05) is 48.5 Å². The van der Waals surface area contributed by atoms with Crippen molar-refractivity contribution in [1.29, 1.82) is 0 Å². The van der Waals surface area contributed by atoms with E-state index in [9.17, 15) is 9.35 Å². The predicted octanol–water partition coefficient (Wildman–Crippen LogP) is 3.28. The summed E-state index contributed by atoms with van der Waals surface area (Å²) in [6, 6.07) is 0. The Morgan fingerprint density at radius 1 is 1.30 bits per heavy atom. The average molecular weight is 301 g/mol. The van der Waals surface area contributed by atoms with Crippen molar-refractivity contribution >= 4 is 23.0 Å². The van der Waals surface area contributed by atoms with E-state index in [4.69, 9.17) is 4.74 Å². The van der Waals surface area contributed by atoms with Crippen molar-refractivity contribution in [2.75, 3.05) is 0 Å². The molecule has 116 valence electrons. The molecule has 0 aromatic carbocycles. The van der Waals surface area contributed by atoms with Crippen LogP contribution in [0.4, 0.5) is 0 Å². The quantitative estimate of drug-likeness (QED) is 0.581. The predicted molar refractivity (Wildman–Crippen MR) is 83.1 cm³/mol. The van der Waals surface area contributed by atoms with Gasteiger partial charge >= 0.3 is 5.97 Å². The summed E-state index contributed by atoms with van der Waals surface area (Å²) in [6.07, 6.45) is 1.30. The van der Waals surface area contributed by atoms with Gasteiger partial charge in [-0.1, -0.05) is 11.3 Å². The number of hydrogen-bond acceptors (Lipinski definition) is 4. The summed E-state index contributed by atoms with van der Waals surface area (Å²) >= 11 is -1.26. The Kier molecular flexibility index (Phi) is 5.30. The first-order valence-corrected chi connectivity index (χ1v) is 8.23. The lowest BCUT2D eigenvalue weighted by Gasteiger charge is -2.21. The second-order valence-corrected chi connectivity index (χ2v) is 9.42. The van der Waals surface area contributed by atoms with Crippen molar-refractivity contribution in [1.82, 2.24) is 0 Å². The van der Waals surface area contributed by atoms with Gasteiger partial charge in [-0.25, -0.2) is 0 Å². The largest absolute Gasteiger partial charge is 0.591 e. The van der Waals surface area contributed by atoms with E-state index in [1.165, 1.54) is 0 Å². The number of ether oxygens (including phenoxy) is 1. The highest BCUT2D eigenvalue weighted by atomic mass is 32.2. The number of carbonyl (C=O) groups is 1. The van der Waals surface area contributed by atoms with Crippen LogP contribution in [0.25, 0.3) is 0 Å². The van der Waals surface area contributed by atoms with Gasteiger partial charge < -0.3 is 9.29 Å². The molecule has 0 heterocycles. The number of esters is 1. The molecule has 1 rings (SSSR count). The molecule has 1 aliphatic carbocycles. The first-order valence-electron chi connectivity index (χ1n) is 7.12. The molecule has 0 aromatic heterocycles. The molecule has 0 saturated heterocycles. The van der Waals surface area contributed by atoms with Gasteiger partial charge in [0.15, 0.2) is 0 Å². The lowest BCUT2D eigenvalue weighted by molar-refractivity contribution is -0.159. The zero-order valence-electron chi connectivity index (χ0n) is 13.6. The molecule has 4 nitrogen and oxygen atoms in total. The Hall–Kier alpha value is -0.550. The number of rotatable bonds is 2. The highest BCUT2D eigenvalue weighted by molar-refractivity contribution is 7.91. The Bertz CT molecular complexity index is 393. The van der Waals surface area contributed by atoms with Crippen LogP contribution < -0.4 is 0 Å². The van der Waals surface area contributed by atoms with Crippen LogP contribution >= 0.6 is 0 Å². The SMILES string of the molecule is C[C@H]1C[C@@H](C(=O)OC(C)(C)C)CC1=N[S+]([O-])C(C)(C)C. The van der Waals surface area contributed by atoms with Crippen molar-refractivity contribution in [3.05, 3.63) is 0 Å². The highest BCUT2D eigenvalue weighted by Crippen LogP contribution is 2.32. The zero-order valence-corrected chi connectivity index (χ0v) is 14.5. The summed E-state index contributed by atoms with van der Waals surface area (Å²) in [6.45, 7) is 13.3. The van der Waals surface area contributed by atoms with Crippen LogP contribution in [0.2, 0.25) is 0 Å². The third-order valence-electron chi connectivity index (χ3n) is 3.13. The minimum absolute atomic E-state index is 0.153. The van der Waals surface area contributed by atoms with Crippen molar-refractivity contribution in [3.63, 3.8) is 0 Å². The topological polar surface area (TPSA) is 61.7 Å². The van der Waals surface area contributed by atoms with E-state index < -0.39 is 17.0 Å². The van der Waals surface area contributed by atoms with Crippen LogP contribution in [0.15, 0.2) is 4.40 Å². The third kappa shape index (κ3) is 5.09. The standard InChI is InChI=1S/C15H27NO3S/c1-10-8-11(13(17)19-14(2,3)4)9-12(10)16-20(18)15(5,6)7/h10-11H,8-9H2,1-7H3/t10-,11+,20?/m0/s1. The van der Waals surface area contributed by atoms with Gasteiger partial charge in [0, 0.05) is 6.42 Å². The molecule has 5 heteroatoms. The summed E-state index contributed by atoms with van der Waals surface area (Å²) in [5.74, 6) is -0.130. The van der Waals surface area contributed by atoms with Crippen molar-refractivity contribution < 1.29 is 14.1 Å². The maximum absolute atomic E-state index is 12.1. The molecule has 0 radical (unpaired) electrons. The molecule has 0 spiro atoms. The average Bonchev–Trinajstić information content (AvgIpc) is 2.56. The molecule has 1 aliphatic rings. The smallest absolute Gasteiger partial charge is 0.309 e. The number of nitrogens with zero attached hydrogens (tertiary/aromatic N) is 1. The van der Waals surface area contributed by atoms with Crippen LogP contribution in [-0.4, -0.2) is 26.6 Å².